The molecular formula is C26H33N3O4S. The summed E-state index contributed by atoms with van der Waals surface area (Å²) in [5, 5.41) is 4.06. The van der Waals surface area contributed by atoms with Gasteiger partial charge in [0.1, 0.15) is 17.2 Å². The Morgan fingerprint density at radius 2 is 1.56 bits per heavy atom. The van der Waals surface area contributed by atoms with E-state index in [4.69, 9.17) is 26.4 Å². The second-order valence-corrected chi connectivity index (χ2v) is 9.48. The van der Waals surface area contributed by atoms with Gasteiger partial charge in [0.15, 0.2) is 11.2 Å². The van der Waals surface area contributed by atoms with Crippen LogP contribution in [-0.2, 0) is 4.79 Å². The molecule has 0 aliphatic carbocycles. The van der Waals surface area contributed by atoms with Crippen molar-refractivity contribution in [3.63, 3.8) is 0 Å². The quantitative estimate of drug-likeness (QED) is 0.619. The average molecular weight is 484 g/mol. The number of carbonyl (C=O) groups excluding carboxylic acids is 1. The molecule has 7 nitrogen and oxygen atoms in total. The number of benzene rings is 2. The molecule has 0 bridgehead atoms. The molecule has 0 saturated carbocycles. The number of methoxy groups -OCH3 is 2. The summed E-state index contributed by atoms with van der Waals surface area (Å²) in [7, 11) is 3.28. The molecule has 2 heterocycles. The first-order chi connectivity index (χ1) is 16.4. The molecule has 182 valence electrons. The smallest absolute Gasteiger partial charge is 0.263 e. The number of nitrogens with one attached hydrogen (secondary N) is 1. The number of thiocarbonyl (C=S) groups is 1. The molecule has 1 atom stereocenters. The van der Waals surface area contributed by atoms with Crippen molar-refractivity contribution < 1.29 is 19.0 Å². The number of piperidine rings is 1. The Kier molecular flexibility index (Phi) is 7.46. The molecule has 8 heteroatoms. The van der Waals surface area contributed by atoms with Gasteiger partial charge in [-0.3, -0.25) is 4.79 Å². The molecule has 2 aliphatic heterocycles. The zero-order valence-corrected chi connectivity index (χ0v) is 20.9. The number of nitrogens with zero attached hydrogens (tertiary/aromatic N) is 2. The Morgan fingerprint density at radius 3 is 2.21 bits per heavy atom. The normalized spacial score (nSPS) is 17.9. The minimum atomic E-state index is -0.525. The highest BCUT2D eigenvalue weighted by atomic mass is 32.1. The van der Waals surface area contributed by atoms with E-state index in [1.165, 1.54) is 0 Å². The van der Waals surface area contributed by atoms with E-state index >= 15 is 0 Å². The van der Waals surface area contributed by atoms with Crippen molar-refractivity contribution >= 4 is 28.9 Å². The van der Waals surface area contributed by atoms with Gasteiger partial charge in [-0.25, -0.2) is 0 Å². The highest BCUT2D eigenvalue weighted by Gasteiger charge is 2.43. The Labute approximate surface area is 207 Å². The highest BCUT2D eigenvalue weighted by molar-refractivity contribution is 7.80. The number of carbonyl (C=O) groups is 1. The molecule has 1 unspecified atom stereocenters. The first-order valence-electron chi connectivity index (χ1n) is 11.7. The van der Waals surface area contributed by atoms with Crippen LogP contribution in [0.2, 0.25) is 0 Å². The van der Waals surface area contributed by atoms with E-state index in [2.05, 4.69) is 10.2 Å². The topological polar surface area (TPSA) is 63.3 Å². The second kappa shape index (κ2) is 10.5. The van der Waals surface area contributed by atoms with E-state index in [1.54, 1.807) is 14.2 Å². The van der Waals surface area contributed by atoms with E-state index in [-0.39, 0.29) is 11.3 Å². The maximum Gasteiger partial charge on any atom is 0.263 e. The molecule has 2 aliphatic rings. The van der Waals surface area contributed by atoms with Crippen LogP contribution in [0.1, 0.15) is 26.2 Å². The fourth-order valence-corrected chi connectivity index (χ4v) is 5.09. The third-order valence-corrected chi connectivity index (χ3v) is 7.26. The number of hydrogen-bond acceptors (Lipinski definition) is 5. The SMILES string of the molecule is COc1ccc(OC(C)C(=O)N2CCC3(CCN(C(=S)Nc4cccc(OC)c4)CC3)C2)cc1. The zero-order chi connectivity index (χ0) is 24.1. The molecular weight excluding hydrogens is 450 g/mol. The first kappa shape index (κ1) is 24.1. The van der Waals surface area contributed by atoms with Crippen LogP contribution >= 0.6 is 12.2 Å². The van der Waals surface area contributed by atoms with Gasteiger partial charge in [0.25, 0.3) is 5.91 Å². The molecule has 4 rings (SSSR count). The van der Waals surface area contributed by atoms with Crippen molar-refractivity contribution in [3.8, 4) is 17.2 Å². The molecule has 1 spiro atoms. The van der Waals surface area contributed by atoms with E-state index < -0.39 is 6.10 Å². The number of likely N-dealkylation sites (tertiary alicyclic amines) is 2. The van der Waals surface area contributed by atoms with Crippen LogP contribution in [0.5, 0.6) is 17.2 Å². The maximum atomic E-state index is 13.1. The molecule has 0 aromatic heterocycles. The second-order valence-electron chi connectivity index (χ2n) is 9.09. The van der Waals surface area contributed by atoms with Gasteiger partial charge < -0.3 is 29.3 Å². The summed E-state index contributed by atoms with van der Waals surface area (Å²) in [4.78, 5) is 17.2. The van der Waals surface area contributed by atoms with E-state index in [1.807, 2.05) is 60.4 Å². The van der Waals surface area contributed by atoms with Gasteiger partial charge in [-0.15, -0.1) is 0 Å². The molecule has 2 saturated heterocycles. The molecule has 1 amide bonds. The van der Waals surface area contributed by atoms with Gasteiger partial charge in [-0.2, -0.15) is 0 Å². The predicted octanol–water partition coefficient (Wildman–Crippen LogP) is 4.18. The third kappa shape index (κ3) is 5.55. The summed E-state index contributed by atoms with van der Waals surface area (Å²) in [6.45, 7) is 5.15. The van der Waals surface area contributed by atoms with Crippen molar-refractivity contribution in [2.24, 2.45) is 5.41 Å². The van der Waals surface area contributed by atoms with Gasteiger partial charge in [0.2, 0.25) is 0 Å². The predicted molar refractivity (Wildman–Crippen MR) is 137 cm³/mol. The van der Waals surface area contributed by atoms with Crippen molar-refractivity contribution in [1.29, 1.82) is 0 Å². The Hall–Kier alpha value is -3.00. The number of ether oxygens (including phenoxy) is 3. The van der Waals surface area contributed by atoms with Gasteiger partial charge in [-0.05, 0) is 80.2 Å². The summed E-state index contributed by atoms with van der Waals surface area (Å²) in [5.74, 6) is 2.27. The van der Waals surface area contributed by atoms with Crippen LogP contribution in [0, 0.1) is 5.41 Å². The zero-order valence-electron chi connectivity index (χ0n) is 20.1. The summed E-state index contributed by atoms with van der Waals surface area (Å²) < 4.78 is 16.4. The fraction of sp³-hybridized carbons (Fsp3) is 0.462. The van der Waals surface area contributed by atoms with Crippen LogP contribution in [0.4, 0.5) is 5.69 Å². The molecule has 0 radical (unpaired) electrons. The molecule has 2 fully saturated rings. The molecule has 1 N–H and O–H groups in total. The lowest BCUT2D eigenvalue weighted by molar-refractivity contribution is -0.137. The standard InChI is InChI=1S/C26H33N3O4S/c1-19(33-22-9-7-21(31-2)8-10-22)24(30)29-16-13-26(18-29)11-14-28(15-12-26)25(34)27-20-5-4-6-23(17-20)32-3/h4-10,17,19H,11-16,18H2,1-3H3,(H,27,34). The van der Waals surface area contributed by atoms with Crippen molar-refractivity contribution in [3.05, 3.63) is 48.5 Å². The number of hydrogen-bond donors (Lipinski definition) is 1. The minimum Gasteiger partial charge on any atom is -0.497 e. The van der Waals surface area contributed by atoms with Crippen molar-refractivity contribution in [2.75, 3.05) is 45.7 Å². The van der Waals surface area contributed by atoms with E-state index in [0.29, 0.717) is 5.75 Å². The molecule has 2 aromatic rings. The number of rotatable bonds is 6. The van der Waals surface area contributed by atoms with Gasteiger partial charge in [-0.1, -0.05) is 6.07 Å². The maximum absolute atomic E-state index is 13.1. The van der Waals surface area contributed by atoms with Gasteiger partial charge >= 0.3 is 0 Å². The number of amides is 1. The third-order valence-electron chi connectivity index (χ3n) is 6.90. The van der Waals surface area contributed by atoms with Crippen LogP contribution < -0.4 is 19.5 Å². The number of anilines is 1. The lowest BCUT2D eigenvalue weighted by atomic mass is 9.78. The summed E-state index contributed by atoms with van der Waals surface area (Å²) >= 11 is 5.66. The van der Waals surface area contributed by atoms with E-state index in [9.17, 15) is 4.79 Å². The minimum absolute atomic E-state index is 0.0466. The Bertz CT molecular complexity index is 1010. The lowest BCUT2D eigenvalue weighted by Gasteiger charge is -2.40. The monoisotopic (exact) mass is 483 g/mol. The summed E-state index contributed by atoms with van der Waals surface area (Å²) in [5.41, 5.74) is 1.09. The largest absolute Gasteiger partial charge is 0.497 e. The van der Waals surface area contributed by atoms with Crippen LogP contribution in [0.25, 0.3) is 0 Å². The fourth-order valence-electron chi connectivity index (χ4n) is 4.78. The van der Waals surface area contributed by atoms with Crippen LogP contribution in [0.15, 0.2) is 48.5 Å². The van der Waals surface area contributed by atoms with Crippen LogP contribution in [0.3, 0.4) is 0 Å². The van der Waals surface area contributed by atoms with Gasteiger partial charge in [0.05, 0.1) is 14.2 Å². The molecule has 34 heavy (non-hydrogen) atoms. The Balaban J connectivity index is 1.27. The van der Waals surface area contributed by atoms with Crippen molar-refractivity contribution in [2.45, 2.75) is 32.3 Å². The lowest BCUT2D eigenvalue weighted by Crippen LogP contribution is -2.47. The summed E-state index contributed by atoms with van der Waals surface area (Å²) in [6.07, 6.45) is 2.54. The van der Waals surface area contributed by atoms with Crippen molar-refractivity contribution in [1.82, 2.24) is 9.80 Å². The Morgan fingerprint density at radius 1 is 0.941 bits per heavy atom. The van der Waals surface area contributed by atoms with E-state index in [0.717, 1.165) is 67.7 Å². The first-order valence-corrected chi connectivity index (χ1v) is 12.1. The average Bonchev–Trinajstić information content (AvgIpc) is 3.27. The highest BCUT2D eigenvalue weighted by Crippen LogP contribution is 2.40. The van der Waals surface area contributed by atoms with Gasteiger partial charge in [0, 0.05) is 37.9 Å². The van der Waals surface area contributed by atoms with Crippen LogP contribution in [-0.4, -0.2) is 67.3 Å². The molecule has 2 aromatic carbocycles. The summed E-state index contributed by atoms with van der Waals surface area (Å²) in [6, 6.07) is 15.1.